The number of nitrogens with one attached hydrogen (secondary N) is 1. The van der Waals surface area contributed by atoms with Crippen molar-refractivity contribution in [3.8, 4) is 0 Å². The quantitative estimate of drug-likeness (QED) is 0.718. The van der Waals surface area contributed by atoms with Gasteiger partial charge in [0.05, 0.1) is 0 Å². The van der Waals surface area contributed by atoms with Gasteiger partial charge in [-0.25, -0.2) is 0 Å². The fourth-order valence-electron chi connectivity index (χ4n) is 2.10. The zero-order chi connectivity index (χ0) is 11.3. The molecule has 0 amide bonds. The van der Waals surface area contributed by atoms with Crippen molar-refractivity contribution in [1.29, 1.82) is 0 Å². The normalized spacial score (nSPS) is 27.6. The molecule has 15 heavy (non-hydrogen) atoms. The first-order valence-electron chi connectivity index (χ1n) is 6.03. The highest BCUT2D eigenvalue weighted by Gasteiger charge is 2.29. The maximum atomic E-state index is 5.11. The zero-order valence-electron chi connectivity index (χ0n) is 10.7. The second-order valence-corrected chi connectivity index (χ2v) is 5.22. The molecule has 0 spiro atoms. The Morgan fingerprint density at radius 1 is 1.47 bits per heavy atom. The summed E-state index contributed by atoms with van der Waals surface area (Å²) in [4.78, 5) is 2.59. The van der Waals surface area contributed by atoms with E-state index in [0.717, 1.165) is 26.1 Å². The second kappa shape index (κ2) is 5.83. The summed E-state index contributed by atoms with van der Waals surface area (Å²) in [6.07, 6.45) is 2.38. The third-order valence-corrected chi connectivity index (χ3v) is 3.35. The van der Waals surface area contributed by atoms with Crippen molar-refractivity contribution >= 4 is 0 Å². The van der Waals surface area contributed by atoms with Gasteiger partial charge in [0, 0.05) is 44.9 Å². The van der Waals surface area contributed by atoms with Gasteiger partial charge in [-0.3, -0.25) is 4.90 Å². The van der Waals surface area contributed by atoms with Crippen LogP contribution < -0.4 is 5.32 Å². The van der Waals surface area contributed by atoms with E-state index >= 15 is 0 Å². The molecule has 0 radical (unpaired) electrons. The molecular weight excluding hydrogens is 188 g/mol. The zero-order valence-corrected chi connectivity index (χ0v) is 10.7. The average molecular weight is 214 g/mol. The molecule has 0 aromatic rings. The molecule has 3 nitrogen and oxygen atoms in total. The van der Waals surface area contributed by atoms with Gasteiger partial charge in [-0.2, -0.15) is 0 Å². The maximum Gasteiger partial charge on any atom is 0.0474 e. The summed E-state index contributed by atoms with van der Waals surface area (Å²) in [6, 6.07) is 0.650. The van der Waals surface area contributed by atoms with Crippen LogP contribution in [0, 0.1) is 0 Å². The molecule has 1 atom stereocenters. The monoisotopic (exact) mass is 214 g/mol. The first-order valence-corrected chi connectivity index (χ1v) is 6.03. The third kappa shape index (κ3) is 4.09. The molecule has 3 heteroatoms. The van der Waals surface area contributed by atoms with Crippen LogP contribution in [-0.2, 0) is 4.74 Å². The predicted octanol–water partition coefficient (Wildman–Crippen LogP) is 1.49. The molecule has 1 aliphatic rings. The van der Waals surface area contributed by atoms with E-state index in [1.165, 1.54) is 13.0 Å². The Kier molecular flexibility index (Phi) is 5.03. The van der Waals surface area contributed by atoms with Crippen molar-refractivity contribution in [3.63, 3.8) is 0 Å². The van der Waals surface area contributed by atoms with E-state index in [-0.39, 0.29) is 5.54 Å². The number of rotatable bonds is 4. The Morgan fingerprint density at radius 3 is 2.87 bits per heavy atom. The summed E-state index contributed by atoms with van der Waals surface area (Å²) in [5.74, 6) is 0. The maximum absolute atomic E-state index is 5.11. The van der Waals surface area contributed by atoms with Crippen molar-refractivity contribution in [1.82, 2.24) is 10.2 Å². The van der Waals surface area contributed by atoms with Crippen molar-refractivity contribution < 1.29 is 4.74 Å². The average Bonchev–Trinajstić information content (AvgIpc) is 2.30. The Balaban J connectivity index is 2.44. The second-order valence-electron chi connectivity index (χ2n) is 5.22. The van der Waals surface area contributed by atoms with Crippen LogP contribution in [0.2, 0.25) is 0 Å². The van der Waals surface area contributed by atoms with Crippen molar-refractivity contribution in [3.05, 3.63) is 0 Å². The molecule has 0 bridgehead atoms. The summed E-state index contributed by atoms with van der Waals surface area (Å²) >= 11 is 0. The summed E-state index contributed by atoms with van der Waals surface area (Å²) < 4.78 is 5.11. The minimum Gasteiger partial charge on any atom is -0.385 e. The molecule has 1 unspecified atom stereocenters. The SMILES string of the molecule is COCCCN1CCC(C)NCC1(C)C. The van der Waals surface area contributed by atoms with Gasteiger partial charge in [0.25, 0.3) is 0 Å². The molecule has 1 heterocycles. The fraction of sp³-hybridized carbons (Fsp3) is 1.00. The van der Waals surface area contributed by atoms with Gasteiger partial charge in [0.2, 0.25) is 0 Å². The Labute approximate surface area is 94.2 Å². The fourth-order valence-corrected chi connectivity index (χ4v) is 2.10. The van der Waals surface area contributed by atoms with Gasteiger partial charge in [-0.15, -0.1) is 0 Å². The lowest BCUT2D eigenvalue weighted by atomic mass is 10.0. The van der Waals surface area contributed by atoms with E-state index in [0.29, 0.717) is 6.04 Å². The minimum atomic E-state index is 0.276. The smallest absolute Gasteiger partial charge is 0.0474 e. The van der Waals surface area contributed by atoms with E-state index in [2.05, 4.69) is 31.0 Å². The van der Waals surface area contributed by atoms with E-state index in [1.54, 1.807) is 7.11 Å². The number of nitrogens with zero attached hydrogens (tertiary/aromatic N) is 1. The molecule has 1 rings (SSSR count). The van der Waals surface area contributed by atoms with Gasteiger partial charge in [-0.05, 0) is 33.6 Å². The van der Waals surface area contributed by atoms with Crippen LogP contribution in [0.3, 0.4) is 0 Å². The summed E-state index contributed by atoms with van der Waals surface area (Å²) in [5, 5.41) is 3.58. The van der Waals surface area contributed by atoms with E-state index < -0.39 is 0 Å². The lowest BCUT2D eigenvalue weighted by Gasteiger charge is -2.36. The lowest BCUT2D eigenvalue weighted by molar-refractivity contribution is 0.111. The van der Waals surface area contributed by atoms with Crippen LogP contribution in [0.1, 0.15) is 33.6 Å². The molecule has 1 fully saturated rings. The number of methoxy groups -OCH3 is 1. The number of hydrogen-bond donors (Lipinski definition) is 1. The van der Waals surface area contributed by atoms with Crippen LogP contribution in [0.25, 0.3) is 0 Å². The Bertz CT molecular complexity index is 182. The van der Waals surface area contributed by atoms with Gasteiger partial charge < -0.3 is 10.1 Å². The first kappa shape index (κ1) is 12.9. The number of ether oxygens (including phenoxy) is 1. The molecule has 0 aliphatic carbocycles. The van der Waals surface area contributed by atoms with Crippen LogP contribution >= 0.6 is 0 Å². The highest BCUT2D eigenvalue weighted by molar-refractivity contribution is 4.88. The molecule has 0 aromatic carbocycles. The molecular formula is C12H26N2O. The van der Waals surface area contributed by atoms with Gasteiger partial charge >= 0.3 is 0 Å². The van der Waals surface area contributed by atoms with Gasteiger partial charge in [0.15, 0.2) is 0 Å². The molecule has 1 N–H and O–H groups in total. The number of hydrogen-bond acceptors (Lipinski definition) is 3. The molecule has 1 aliphatic heterocycles. The summed E-state index contributed by atoms with van der Waals surface area (Å²) in [6.45, 7) is 11.2. The highest BCUT2D eigenvalue weighted by Crippen LogP contribution is 2.18. The standard InChI is InChI=1S/C12H26N2O/c1-11-6-8-14(7-5-9-15-4)12(2,3)10-13-11/h11,13H,5-10H2,1-4H3. The topological polar surface area (TPSA) is 24.5 Å². The minimum absolute atomic E-state index is 0.276. The first-order chi connectivity index (χ1) is 7.06. The summed E-state index contributed by atoms with van der Waals surface area (Å²) in [5.41, 5.74) is 0.276. The van der Waals surface area contributed by atoms with Crippen LogP contribution in [0.15, 0.2) is 0 Å². The van der Waals surface area contributed by atoms with Crippen molar-refractivity contribution in [2.45, 2.75) is 45.2 Å². The molecule has 0 saturated carbocycles. The van der Waals surface area contributed by atoms with Crippen molar-refractivity contribution in [2.75, 3.05) is 33.4 Å². The highest BCUT2D eigenvalue weighted by atomic mass is 16.5. The third-order valence-electron chi connectivity index (χ3n) is 3.35. The predicted molar refractivity (Wildman–Crippen MR) is 64.2 cm³/mol. The van der Waals surface area contributed by atoms with E-state index in [4.69, 9.17) is 4.74 Å². The Hall–Kier alpha value is -0.120. The molecule has 90 valence electrons. The summed E-state index contributed by atoms with van der Waals surface area (Å²) in [7, 11) is 1.77. The molecule has 0 aromatic heterocycles. The van der Waals surface area contributed by atoms with Crippen LogP contribution in [0.4, 0.5) is 0 Å². The van der Waals surface area contributed by atoms with E-state index in [9.17, 15) is 0 Å². The van der Waals surface area contributed by atoms with Gasteiger partial charge in [-0.1, -0.05) is 0 Å². The Morgan fingerprint density at radius 2 is 2.20 bits per heavy atom. The van der Waals surface area contributed by atoms with Crippen molar-refractivity contribution in [2.24, 2.45) is 0 Å². The van der Waals surface area contributed by atoms with Crippen LogP contribution in [0.5, 0.6) is 0 Å². The van der Waals surface area contributed by atoms with Crippen LogP contribution in [-0.4, -0.2) is 49.8 Å². The van der Waals surface area contributed by atoms with E-state index in [1.807, 2.05) is 0 Å². The van der Waals surface area contributed by atoms with Gasteiger partial charge in [0.1, 0.15) is 0 Å². The lowest BCUT2D eigenvalue weighted by Crippen LogP contribution is -2.49. The largest absolute Gasteiger partial charge is 0.385 e. The molecule has 1 saturated heterocycles.